The van der Waals surface area contributed by atoms with Gasteiger partial charge in [0.15, 0.2) is 16.7 Å². The molecule has 228 valence electrons. The molecule has 4 aromatic rings. The first-order chi connectivity index (χ1) is 20.5. The maximum Gasteiger partial charge on any atom is 0.262 e. The minimum atomic E-state index is -3.83. The highest BCUT2D eigenvalue weighted by molar-refractivity contribution is 8.00. The number of halogens is 1. The zero-order valence-corrected chi connectivity index (χ0v) is 26.3. The lowest BCUT2D eigenvalue weighted by molar-refractivity contribution is -0.115. The number of primary sulfonamides is 1. The number of nitrogens with zero attached hydrogens (tertiary/aromatic N) is 2. The molecular weight excluding hydrogens is 616 g/mol. The molecule has 43 heavy (non-hydrogen) atoms. The number of benzene rings is 3. The molecule has 0 fully saturated rings. The molecule has 0 saturated carbocycles. The van der Waals surface area contributed by atoms with Crippen LogP contribution in [0.2, 0.25) is 5.02 Å². The zero-order chi connectivity index (χ0) is 31.3. The van der Waals surface area contributed by atoms with Gasteiger partial charge in [-0.1, -0.05) is 42.4 Å². The second-order valence-electron chi connectivity index (χ2n) is 9.36. The van der Waals surface area contributed by atoms with Gasteiger partial charge in [-0.05, 0) is 54.8 Å². The fraction of sp³-hybridized carbons (Fsp3) is 0.276. The number of hydrogen-bond donors (Lipinski definition) is 2. The summed E-state index contributed by atoms with van der Waals surface area (Å²) in [7, 11) is 0.626. The number of aromatic nitrogens is 2. The van der Waals surface area contributed by atoms with Crippen molar-refractivity contribution >= 4 is 55.9 Å². The summed E-state index contributed by atoms with van der Waals surface area (Å²) in [5.74, 6) is 0.914. The average molecular weight is 647 g/mol. The molecule has 0 aliphatic heterocycles. The number of methoxy groups -OCH3 is 3. The Morgan fingerprint density at radius 2 is 1.67 bits per heavy atom. The van der Waals surface area contributed by atoms with Crippen LogP contribution in [-0.2, 0) is 27.8 Å². The van der Waals surface area contributed by atoms with Crippen LogP contribution in [0.25, 0.3) is 10.9 Å². The van der Waals surface area contributed by atoms with Crippen molar-refractivity contribution in [1.82, 2.24) is 9.55 Å². The molecule has 1 heterocycles. The summed E-state index contributed by atoms with van der Waals surface area (Å²) in [4.78, 5) is 32.0. The smallest absolute Gasteiger partial charge is 0.262 e. The fourth-order valence-corrected chi connectivity index (χ4v) is 6.07. The Kier molecular flexibility index (Phi) is 10.2. The quantitative estimate of drug-likeness (QED) is 0.168. The van der Waals surface area contributed by atoms with E-state index in [0.29, 0.717) is 56.9 Å². The van der Waals surface area contributed by atoms with Gasteiger partial charge < -0.3 is 19.5 Å². The number of nitrogens with one attached hydrogen (secondary N) is 1. The number of amides is 1. The van der Waals surface area contributed by atoms with E-state index in [0.717, 1.165) is 17.3 Å². The van der Waals surface area contributed by atoms with E-state index >= 15 is 0 Å². The largest absolute Gasteiger partial charge is 0.495 e. The van der Waals surface area contributed by atoms with Gasteiger partial charge in [0.2, 0.25) is 15.9 Å². The standard InChI is InChI=1S/C29H31ClN4O7S2/c1-5-26(27(35)32-22-14-18(30)8-11-23(22)39-2)42-29-33-21-16-25(41-4)24(40-3)15-20(21)28(36)34(29)13-12-17-6-9-19(10-7-17)43(31,37)38/h6-11,14-16,26H,5,12-13H2,1-4H3,(H,32,35)(H2,31,37,38)/t26-/m0/s1. The Morgan fingerprint density at radius 1 is 1.02 bits per heavy atom. The molecule has 0 spiro atoms. The van der Waals surface area contributed by atoms with Gasteiger partial charge in [0, 0.05) is 17.6 Å². The Bertz CT molecular complexity index is 1810. The van der Waals surface area contributed by atoms with E-state index in [4.69, 9.17) is 35.9 Å². The number of ether oxygens (including phenoxy) is 3. The topological polar surface area (TPSA) is 152 Å². The van der Waals surface area contributed by atoms with Gasteiger partial charge in [0.25, 0.3) is 5.56 Å². The van der Waals surface area contributed by atoms with E-state index in [9.17, 15) is 18.0 Å². The summed E-state index contributed by atoms with van der Waals surface area (Å²) < 4.78 is 41.0. The third-order valence-electron chi connectivity index (χ3n) is 6.63. The van der Waals surface area contributed by atoms with Crippen LogP contribution in [0.3, 0.4) is 0 Å². The van der Waals surface area contributed by atoms with Crippen LogP contribution >= 0.6 is 23.4 Å². The van der Waals surface area contributed by atoms with Crippen molar-refractivity contribution in [3.63, 3.8) is 0 Å². The number of nitrogens with two attached hydrogens (primary N) is 1. The number of carbonyl (C=O) groups is 1. The van der Waals surface area contributed by atoms with Crippen molar-refractivity contribution in [3.05, 3.63) is 75.5 Å². The predicted molar refractivity (Wildman–Crippen MR) is 167 cm³/mol. The normalized spacial score (nSPS) is 12.1. The van der Waals surface area contributed by atoms with Crippen LogP contribution in [-0.4, -0.2) is 50.5 Å². The number of sulfonamides is 1. The molecule has 0 bridgehead atoms. The minimum Gasteiger partial charge on any atom is -0.495 e. The second-order valence-corrected chi connectivity index (χ2v) is 12.5. The van der Waals surface area contributed by atoms with Gasteiger partial charge in [0.05, 0.1) is 48.1 Å². The van der Waals surface area contributed by atoms with Crippen molar-refractivity contribution in [2.75, 3.05) is 26.6 Å². The molecular formula is C29H31ClN4O7S2. The lowest BCUT2D eigenvalue weighted by atomic mass is 10.1. The molecule has 0 aliphatic carbocycles. The Balaban J connectivity index is 1.73. The minimum absolute atomic E-state index is 0.00814. The van der Waals surface area contributed by atoms with Crippen LogP contribution in [0.1, 0.15) is 18.9 Å². The van der Waals surface area contributed by atoms with Crippen molar-refractivity contribution in [2.45, 2.75) is 41.6 Å². The van der Waals surface area contributed by atoms with E-state index in [2.05, 4.69) is 5.32 Å². The van der Waals surface area contributed by atoms with Crippen molar-refractivity contribution in [2.24, 2.45) is 5.14 Å². The molecule has 4 rings (SSSR count). The Morgan fingerprint density at radius 3 is 2.28 bits per heavy atom. The number of rotatable bonds is 12. The number of thioether (sulfide) groups is 1. The number of hydrogen-bond acceptors (Lipinski definition) is 9. The number of aryl methyl sites for hydroxylation is 1. The molecule has 1 aromatic heterocycles. The molecule has 1 amide bonds. The molecule has 0 saturated heterocycles. The van der Waals surface area contributed by atoms with Crippen molar-refractivity contribution < 1.29 is 27.4 Å². The van der Waals surface area contributed by atoms with Crippen molar-refractivity contribution in [1.29, 1.82) is 0 Å². The summed E-state index contributed by atoms with van der Waals surface area (Å²) in [6, 6.07) is 14.2. The lowest BCUT2D eigenvalue weighted by Gasteiger charge is -2.19. The summed E-state index contributed by atoms with van der Waals surface area (Å²) in [5, 5.41) is 8.53. The first-order valence-corrected chi connectivity index (χ1v) is 15.9. The SMILES string of the molecule is CC[C@H](Sc1nc2cc(OC)c(OC)cc2c(=O)n1CCc1ccc(S(N)(=O)=O)cc1)C(=O)Nc1cc(Cl)ccc1OC. The summed E-state index contributed by atoms with van der Waals surface area (Å²) in [6.45, 7) is 2.06. The second kappa shape index (κ2) is 13.7. The number of carbonyl (C=O) groups excluding carboxylic acids is 1. The highest BCUT2D eigenvalue weighted by Crippen LogP contribution is 2.33. The summed E-state index contributed by atoms with van der Waals surface area (Å²) in [6.07, 6.45) is 0.801. The van der Waals surface area contributed by atoms with Gasteiger partial charge in [-0.15, -0.1) is 0 Å². The van der Waals surface area contributed by atoms with Crippen LogP contribution < -0.4 is 30.2 Å². The van der Waals surface area contributed by atoms with Crippen LogP contribution in [0.15, 0.2) is 69.4 Å². The molecule has 3 aromatic carbocycles. The van der Waals surface area contributed by atoms with Crippen LogP contribution in [0.4, 0.5) is 5.69 Å². The fourth-order valence-electron chi connectivity index (χ4n) is 4.34. The van der Waals surface area contributed by atoms with E-state index in [1.54, 1.807) is 42.5 Å². The first-order valence-electron chi connectivity index (χ1n) is 13.1. The van der Waals surface area contributed by atoms with Gasteiger partial charge in [0.1, 0.15) is 5.75 Å². The predicted octanol–water partition coefficient (Wildman–Crippen LogP) is 4.48. The molecule has 0 radical (unpaired) electrons. The molecule has 0 unspecified atom stereocenters. The Hall–Kier alpha value is -3.78. The van der Waals surface area contributed by atoms with E-state index in [1.807, 2.05) is 6.92 Å². The highest BCUT2D eigenvalue weighted by atomic mass is 35.5. The van der Waals surface area contributed by atoms with E-state index in [1.165, 1.54) is 38.0 Å². The van der Waals surface area contributed by atoms with Gasteiger partial charge in [-0.2, -0.15) is 0 Å². The lowest BCUT2D eigenvalue weighted by Crippen LogP contribution is -2.29. The van der Waals surface area contributed by atoms with Crippen LogP contribution in [0, 0.1) is 0 Å². The third kappa shape index (κ3) is 7.42. The number of anilines is 1. The average Bonchev–Trinajstić information content (AvgIpc) is 2.98. The first kappa shape index (κ1) is 32.1. The Labute approximate surface area is 258 Å². The van der Waals surface area contributed by atoms with Gasteiger partial charge in [-0.25, -0.2) is 18.5 Å². The molecule has 14 heteroatoms. The van der Waals surface area contributed by atoms with Crippen molar-refractivity contribution in [3.8, 4) is 17.2 Å². The molecule has 1 atom stereocenters. The van der Waals surface area contributed by atoms with Crippen LogP contribution in [0.5, 0.6) is 17.2 Å². The summed E-state index contributed by atoms with van der Waals surface area (Å²) in [5.41, 5.74) is 1.25. The maximum absolute atomic E-state index is 13.9. The molecule has 11 nitrogen and oxygen atoms in total. The number of fused-ring (bicyclic) bond motifs is 1. The summed E-state index contributed by atoms with van der Waals surface area (Å²) >= 11 is 7.29. The monoisotopic (exact) mass is 646 g/mol. The maximum atomic E-state index is 13.9. The zero-order valence-electron chi connectivity index (χ0n) is 23.9. The van der Waals surface area contributed by atoms with E-state index < -0.39 is 15.3 Å². The van der Waals surface area contributed by atoms with Gasteiger partial charge >= 0.3 is 0 Å². The van der Waals surface area contributed by atoms with E-state index in [-0.39, 0.29) is 22.9 Å². The third-order valence-corrected chi connectivity index (χ3v) is 9.15. The molecule has 0 aliphatic rings. The molecule has 3 N–H and O–H groups in total. The van der Waals surface area contributed by atoms with Gasteiger partial charge in [-0.3, -0.25) is 14.2 Å². The highest BCUT2D eigenvalue weighted by Gasteiger charge is 2.24.